The van der Waals surface area contributed by atoms with Crippen LogP contribution in [0.25, 0.3) is 0 Å². The maximum atomic E-state index is 6.29. The number of ether oxygens (including phenoxy) is 1. The van der Waals surface area contributed by atoms with E-state index in [1.165, 1.54) is 18.4 Å². The molecule has 0 aromatic carbocycles. The van der Waals surface area contributed by atoms with Crippen molar-refractivity contribution in [2.75, 3.05) is 0 Å². The Morgan fingerprint density at radius 3 is 2.87 bits per heavy atom. The first-order valence-corrected chi connectivity index (χ1v) is 6.31. The van der Waals surface area contributed by atoms with Gasteiger partial charge in [0.15, 0.2) is 0 Å². The zero-order chi connectivity index (χ0) is 11.2. The Bertz CT molecular complexity index is 284. The molecule has 2 aliphatic rings. The summed E-state index contributed by atoms with van der Waals surface area (Å²) in [6.07, 6.45) is 4.83. The van der Waals surface area contributed by atoms with Gasteiger partial charge in [0.2, 0.25) is 0 Å². The topological polar surface area (TPSA) is 9.23 Å². The van der Waals surface area contributed by atoms with Crippen LogP contribution in [0, 0.1) is 17.8 Å². The number of allylic oxidation sites excluding steroid dienone is 1. The van der Waals surface area contributed by atoms with Crippen LogP contribution in [0.2, 0.25) is 0 Å². The number of fused-ring (bicyclic) bond motifs is 2. The van der Waals surface area contributed by atoms with E-state index >= 15 is 0 Å². The third-order valence-corrected chi connectivity index (χ3v) is 4.20. The average molecular weight is 206 g/mol. The first kappa shape index (κ1) is 11.3. The highest BCUT2D eigenvalue weighted by atomic mass is 16.5. The van der Waals surface area contributed by atoms with E-state index in [4.69, 9.17) is 4.74 Å². The summed E-state index contributed by atoms with van der Waals surface area (Å²) in [5, 5.41) is 0. The summed E-state index contributed by atoms with van der Waals surface area (Å²) in [6, 6.07) is 0.437. The van der Waals surface area contributed by atoms with Crippen LogP contribution in [-0.2, 0) is 4.74 Å². The fourth-order valence-electron chi connectivity index (χ4n) is 3.60. The molecule has 4 atom stereocenters. The number of hydrogen-bond donors (Lipinski definition) is 0. The fraction of sp³-hybridized carbons (Fsp3) is 0.846. The Hall–Kier alpha value is -0.235. The fourth-order valence-corrected chi connectivity index (χ4v) is 3.60. The van der Waals surface area contributed by atoms with Gasteiger partial charge < -0.3 is 4.74 Å². The van der Waals surface area contributed by atoms with Crippen molar-refractivity contribution in [3.05, 3.63) is 11.6 Å². The predicted molar refractivity (Wildman–Crippen MR) is 66.6 cm³/mol. The molecule has 84 valence electrons. The van der Waals surface area contributed by atoms with Gasteiger partial charge in [0.1, 0.15) is 7.85 Å². The van der Waals surface area contributed by atoms with E-state index in [1.54, 1.807) is 0 Å². The molecule has 0 N–H and O–H groups in total. The molecule has 1 saturated heterocycles. The summed E-state index contributed by atoms with van der Waals surface area (Å²) in [5.41, 5.74) is 1.59. The SMILES string of the molecule is BC1OC2(CC(C)C)C=C(C)CC1C2C. The lowest BCUT2D eigenvalue weighted by Gasteiger charge is -2.36. The van der Waals surface area contributed by atoms with E-state index in [0.29, 0.717) is 17.8 Å². The van der Waals surface area contributed by atoms with Crippen molar-refractivity contribution in [1.29, 1.82) is 0 Å². The van der Waals surface area contributed by atoms with Crippen molar-refractivity contribution in [3.8, 4) is 0 Å². The summed E-state index contributed by atoms with van der Waals surface area (Å²) < 4.78 is 6.29. The Morgan fingerprint density at radius 2 is 2.27 bits per heavy atom. The highest BCUT2D eigenvalue weighted by molar-refractivity contribution is 6.11. The second-order valence-corrected chi connectivity index (χ2v) is 6.02. The van der Waals surface area contributed by atoms with Crippen LogP contribution >= 0.6 is 0 Å². The molecule has 1 fully saturated rings. The molecular weight excluding hydrogens is 183 g/mol. The van der Waals surface area contributed by atoms with Crippen molar-refractivity contribution in [2.45, 2.75) is 52.1 Å². The summed E-state index contributed by atoms with van der Waals surface area (Å²) in [5.74, 6) is 2.15. The van der Waals surface area contributed by atoms with Gasteiger partial charge in [-0.25, -0.2) is 0 Å². The van der Waals surface area contributed by atoms with Gasteiger partial charge in [-0.3, -0.25) is 0 Å². The molecule has 0 saturated carbocycles. The van der Waals surface area contributed by atoms with Crippen molar-refractivity contribution < 1.29 is 4.74 Å². The Balaban J connectivity index is 2.31. The van der Waals surface area contributed by atoms with E-state index < -0.39 is 0 Å². The lowest BCUT2D eigenvalue weighted by Crippen LogP contribution is -2.37. The Morgan fingerprint density at radius 1 is 1.60 bits per heavy atom. The quantitative estimate of drug-likeness (QED) is 0.497. The minimum Gasteiger partial charge on any atom is -0.376 e. The third kappa shape index (κ3) is 1.77. The molecule has 2 rings (SSSR count). The highest BCUT2D eigenvalue weighted by Gasteiger charge is 2.51. The number of rotatable bonds is 2. The monoisotopic (exact) mass is 206 g/mol. The van der Waals surface area contributed by atoms with E-state index in [0.717, 1.165) is 5.92 Å². The molecule has 1 heterocycles. The predicted octanol–water partition coefficient (Wildman–Crippen LogP) is 2.36. The third-order valence-electron chi connectivity index (χ3n) is 4.20. The lowest BCUT2D eigenvalue weighted by atomic mass is 9.67. The van der Waals surface area contributed by atoms with Gasteiger partial charge in [0.25, 0.3) is 0 Å². The van der Waals surface area contributed by atoms with Gasteiger partial charge in [-0.05, 0) is 37.5 Å². The molecule has 1 nitrogen and oxygen atoms in total. The minimum absolute atomic E-state index is 0.0561. The molecule has 1 aliphatic carbocycles. The molecule has 0 radical (unpaired) electrons. The second-order valence-electron chi connectivity index (χ2n) is 6.02. The average Bonchev–Trinajstić information content (AvgIpc) is 2.26. The van der Waals surface area contributed by atoms with Gasteiger partial charge in [-0.2, -0.15) is 0 Å². The van der Waals surface area contributed by atoms with Gasteiger partial charge in [0.05, 0.1) is 5.60 Å². The van der Waals surface area contributed by atoms with Crippen LogP contribution in [0.5, 0.6) is 0 Å². The molecule has 4 unspecified atom stereocenters. The summed E-state index contributed by atoms with van der Waals surface area (Å²) in [4.78, 5) is 0. The standard InChI is InChI=1S/C13H23BO/c1-8(2)6-13-7-9(3)5-11(10(13)4)12(14)15-13/h7-8,10-12H,5-6,14H2,1-4H3. The summed E-state index contributed by atoms with van der Waals surface area (Å²) in [7, 11) is 2.25. The molecule has 2 bridgehead atoms. The van der Waals surface area contributed by atoms with Crippen LogP contribution in [0.4, 0.5) is 0 Å². The second kappa shape index (κ2) is 3.66. The molecule has 15 heavy (non-hydrogen) atoms. The largest absolute Gasteiger partial charge is 0.376 e. The zero-order valence-corrected chi connectivity index (χ0v) is 10.7. The van der Waals surface area contributed by atoms with Crippen LogP contribution in [-0.4, -0.2) is 19.5 Å². The zero-order valence-electron chi connectivity index (χ0n) is 10.7. The maximum absolute atomic E-state index is 6.29. The summed E-state index contributed by atoms with van der Waals surface area (Å²) in [6.45, 7) is 9.22. The van der Waals surface area contributed by atoms with Gasteiger partial charge >= 0.3 is 0 Å². The minimum atomic E-state index is 0.0561. The Kier molecular flexibility index (Phi) is 2.74. The molecule has 0 aromatic heterocycles. The smallest absolute Gasteiger partial charge is 0.139 e. The van der Waals surface area contributed by atoms with Crippen LogP contribution < -0.4 is 0 Å². The first-order chi connectivity index (χ1) is 6.94. The van der Waals surface area contributed by atoms with Gasteiger partial charge in [-0.1, -0.05) is 32.4 Å². The molecular formula is C13H23BO. The van der Waals surface area contributed by atoms with Gasteiger partial charge in [0, 0.05) is 6.00 Å². The maximum Gasteiger partial charge on any atom is 0.139 e. The summed E-state index contributed by atoms with van der Waals surface area (Å²) >= 11 is 0. The van der Waals surface area contributed by atoms with Crippen molar-refractivity contribution in [3.63, 3.8) is 0 Å². The van der Waals surface area contributed by atoms with E-state index in [9.17, 15) is 0 Å². The highest BCUT2D eigenvalue weighted by Crippen LogP contribution is 2.50. The number of hydrogen-bond acceptors (Lipinski definition) is 1. The van der Waals surface area contributed by atoms with Crippen molar-refractivity contribution in [1.82, 2.24) is 0 Å². The van der Waals surface area contributed by atoms with Gasteiger partial charge in [-0.15, -0.1) is 0 Å². The molecule has 0 aromatic rings. The molecule has 1 aliphatic heterocycles. The Labute approximate surface area is 94.7 Å². The lowest BCUT2D eigenvalue weighted by molar-refractivity contribution is -0.00662. The van der Waals surface area contributed by atoms with E-state index in [1.807, 2.05) is 0 Å². The molecule has 0 amide bonds. The molecule has 2 heteroatoms. The van der Waals surface area contributed by atoms with Crippen LogP contribution in [0.3, 0.4) is 0 Å². The van der Waals surface area contributed by atoms with Crippen molar-refractivity contribution in [2.24, 2.45) is 17.8 Å². The molecule has 0 spiro atoms. The van der Waals surface area contributed by atoms with Crippen molar-refractivity contribution >= 4 is 7.85 Å². The first-order valence-electron chi connectivity index (χ1n) is 6.31. The van der Waals surface area contributed by atoms with Crippen LogP contribution in [0.1, 0.15) is 40.5 Å². The normalized spacial score (nSPS) is 44.6. The van der Waals surface area contributed by atoms with E-state index in [-0.39, 0.29) is 5.60 Å². The van der Waals surface area contributed by atoms with Crippen LogP contribution in [0.15, 0.2) is 11.6 Å². The van der Waals surface area contributed by atoms with E-state index in [2.05, 4.69) is 41.6 Å².